The second kappa shape index (κ2) is 12.5. The molecule has 0 aromatic heterocycles. The predicted molar refractivity (Wildman–Crippen MR) is 132 cm³/mol. The van der Waals surface area contributed by atoms with Crippen molar-refractivity contribution >= 4 is 21.6 Å². The Morgan fingerprint density at radius 2 is 1.97 bits per heavy atom. The molecule has 184 valence electrons. The molecule has 11 heteroatoms. The third-order valence-electron chi connectivity index (χ3n) is 5.55. The van der Waals surface area contributed by atoms with Crippen LogP contribution < -0.4 is 4.72 Å². The van der Waals surface area contributed by atoms with Gasteiger partial charge in [0.15, 0.2) is 0 Å². The maximum Gasteiger partial charge on any atom is 0.240 e. The highest BCUT2D eigenvalue weighted by Gasteiger charge is 2.27. The molecule has 0 amide bonds. The number of hydrogen-bond acceptors (Lipinski definition) is 6. The Labute approximate surface area is 205 Å². The standard InChI is InChI=1S/C23H30ClN5O4S/c1-17-12-20-21(15-29(2)16-22(20)23(24)13-17)18-4-3-5-19(14-18)34(30,31)27-7-9-33-11-10-32-8-6-26-28-25/h3-5,12-14,21,27H,6-11,15-16H2,1-2H3/t21-/m0/s1. The van der Waals surface area contributed by atoms with E-state index < -0.39 is 10.0 Å². The number of ether oxygens (including phenoxy) is 2. The van der Waals surface area contributed by atoms with Gasteiger partial charge in [-0.05, 0) is 60.0 Å². The van der Waals surface area contributed by atoms with Crippen LogP contribution in [-0.2, 0) is 26.0 Å². The molecule has 1 atom stereocenters. The molecule has 34 heavy (non-hydrogen) atoms. The van der Waals surface area contributed by atoms with Crippen molar-refractivity contribution in [2.75, 3.05) is 53.1 Å². The van der Waals surface area contributed by atoms with E-state index in [0.717, 1.165) is 40.4 Å². The van der Waals surface area contributed by atoms with Gasteiger partial charge in [-0.1, -0.05) is 34.9 Å². The zero-order chi connectivity index (χ0) is 24.6. The maximum atomic E-state index is 12.9. The number of fused-ring (bicyclic) bond motifs is 1. The fourth-order valence-corrected chi connectivity index (χ4v) is 5.42. The van der Waals surface area contributed by atoms with Gasteiger partial charge in [0.05, 0.1) is 31.3 Å². The van der Waals surface area contributed by atoms with E-state index in [1.54, 1.807) is 18.2 Å². The first-order chi connectivity index (χ1) is 16.3. The Hall–Kier alpha value is -2.17. The largest absolute Gasteiger partial charge is 0.379 e. The molecule has 0 bridgehead atoms. The fourth-order valence-electron chi connectivity index (χ4n) is 4.01. The molecule has 3 rings (SSSR count). The normalized spacial score (nSPS) is 16.1. The molecule has 2 aromatic rings. The van der Waals surface area contributed by atoms with Crippen molar-refractivity contribution in [2.24, 2.45) is 5.11 Å². The molecule has 1 aliphatic rings. The Kier molecular flexibility index (Phi) is 9.73. The number of aryl methyl sites for hydroxylation is 1. The molecule has 1 aliphatic heterocycles. The van der Waals surface area contributed by atoms with Gasteiger partial charge >= 0.3 is 0 Å². The number of sulfonamides is 1. The van der Waals surface area contributed by atoms with Crippen LogP contribution in [0.25, 0.3) is 10.4 Å². The molecule has 1 N–H and O–H groups in total. The van der Waals surface area contributed by atoms with Gasteiger partial charge in [-0.15, -0.1) is 0 Å². The van der Waals surface area contributed by atoms with Crippen molar-refractivity contribution < 1.29 is 17.9 Å². The summed E-state index contributed by atoms with van der Waals surface area (Å²) in [5, 5.41) is 4.11. The molecule has 0 radical (unpaired) electrons. The monoisotopic (exact) mass is 507 g/mol. The van der Waals surface area contributed by atoms with E-state index in [9.17, 15) is 8.42 Å². The van der Waals surface area contributed by atoms with E-state index >= 15 is 0 Å². The first-order valence-corrected chi connectivity index (χ1v) is 12.9. The van der Waals surface area contributed by atoms with Crippen LogP contribution in [0, 0.1) is 6.92 Å². The molecular weight excluding hydrogens is 478 g/mol. The fraction of sp³-hybridized carbons (Fsp3) is 0.478. The molecule has 0 saturated carbocycles. The Morgan fingerprint density at radius 3 is 2.74 bits per heavy atom. The SMILES string of the molecule is Cc1cc(Cl)c2c(c1)[C@H](c1cccc(S(=O)(=O)NCCOCCOCCN=[N+]=[N-])c1)CN(C)C2. The third kappa shape index (κ3) is 7.16. The minimum atomic E-state index is -3.68. The number of benzene rings is 2. The highest BCUT2D eigenvalue weighted by atomic mass is 35.5. The van der Waals surface area contributed by atoms with E-state index in [1.807, 2.05) is 26.1 Å². The van der Waals surface area contributed by atoms with E-state index in [0.29, 0.717) is 19.8 Å². The van der Waals surface area contributed by atoms with Crippen LogP contribution in [0.5, 0.6) is 0 Å². The summed E-state index contributed by atoms with van der Waals surface area (Å²) in [6.07, 6.45) is 0. The minimum Gasteiger partial charge on any atom is -0.379 e. The van der Waals surface area contributed by atoms with Crippen LogP contribution in [-0.4, -0.2) is 66.4 Å². The van der Waals surface area contributed by atoms with Crippen LogP contribution in [0.3, 0.4) is 0 Å². The van der Waals surface area contributed by atoms with Crippen LogP contribution in [0.15, 0.2) is 46.4 Å². The van der Waals surface area contributed by atoms with Gasteiger partial charge in [0.1, 0.15) is 0 Å². The number of nitrogens with one attached hydrogen (secondary N) is 1. The van der Waals surface area contributed by atoms with Crippen LogP contribution in [0.2, 0.25) is 5.02 Å². The van der Waals surface area contributed by atoms with E-state index in [-0.39, 0.29) is 30.5 Å². The van der Waals surface area contributed by atoms with Crippen molar-refractivity contribution in [3.8, 4) is 0 Å². The summed E-state index contributed by atoms with van der Waals surface area (Å²) in [6, 6.07) is 11.2. The second-order valence-electron chi connectivity index (χ2n) is 8.21. The number of hydrogen-bond donors (Lipinski definition) is 1. The Morgan fingerprint density at radius 1 is 1.21 bits per heavy atom. The van der Waals surface area contributed by atoms with Crippen molar-refractivity contribution in [3.63, 3.8) is 0 Å². The molecule has 1 heterocycles. The molecule has 9 nitrogen and oxygen atoms in total. The number of azide groups is 1. The summed E-state index contributed by atoms with van der Waals surface area (Å²) in [6.45, 7) is 5.19. The van der Waals surface area contributed by atoms with E-state index in [2.05, 4.69) is 25.7 Å². The topological polar surface area (TPSA) is 117 Å². The Bertz CT molecular complexity index is 1140. The Balaban J connectivity index is 1.60. The molecule has 0 unspecified atom stereocenters. The lowest BCUT2D eigenvalue weighted by Gasteiger charge is -2.33. The lowest BCUT2D eigenvalue weighted by atomic mass is 9.84. The van der Waals surface area contributed by atoms with Crippen molar-refractivity contribution in [1.29, 1.82) is 0 Å². The number of halogens is 1. The van der Waals surface area contributed by atoms with Gasteiger partial charge in [-0.3, -0.25) is 0 Å². The molecule has 0 fully saturated rings. The lowest BCUT2D eigenvalue weighted by Crippen LogP contribution is -2.31. The maximum absolute atomic E-state index is 12.9. The zero-order valence-electron chi connectivity index (χ0n) is 19.4. The number of nitrogens with zero attached hydrogens (tertiary/aromatic N) is 4. The molecule has 0 aliphatic carbocycles. The summed E-state index contributed by atoms with van der Waals surface area (Å²) in [5.41, 5.74) is 12.5. The predicted octanol–water partition coefficient (Wildman–Crippen LogP) is 3.85. The summed E-state index contributed by atoms with van der Waals surface area (Å²) < 4.78 is 38.9. The number of likely N-dealkylation sites (N-methyl/N-ethyl adjacent to an activating group) is 1. The average Bonchev–Trinajstić information content (AvgIpc) is 2.80. The van der Waals surface area contributed by atoms with Crippen molar-refractivity contribution in [1.82, 2.24) is 9.62 Å². The summed E-state index contributed by atoms with van der Waals surface area (Å²) in [5.74, 6) is 0.0310. The van der Waals surface area contributed by atoms with Gasteiger partial charge in [-0.2, -0.15) is 0 Å². The highest BCUT2D eigenvalue weighted by Crippen LogP contribution is 2.37. The van der Waals surface area contributed by atoms with Gasteiger partial charge in [-0.25, -0.2) is 13.1 Å². The summed E-state index contributed by atoms with van der Waals surface area (Å²) >= 11 is 6.53. The lowest BCUT2D eigenvalue weighted by molar-refractivity contribution is 0.0531. The summed E-state index contributed by atoms with van der Waals surface area (Å²) in [4.78, 5) is 5.06. The smallest absolute Gasteiger partial charge is 0.240 e. The third-order valence-corrected chi connectivity index (χ3v) is 7.35. The quantitative estimate of drug-likeness (QED) is 0.203. The van der Waals surface area contributed by atoms with Crippen LogP contribution in [0.4, 0.5) is 0 Å². The van der Waals surface area contributed by atoms with Gasteiger partial charge in [0.25, 0.3) is 0 Å². The highest BCUT2D eigenvalue weighted by molar-refractivity contribution is 7.89. The first kappa shape index (κ1) is 26.4. The minimum absolute atomic E-state index is 0.0310. The second-order valence-corrected chi connectivity index (χ2v) is 10.4. The van der Waals surface area contributed by atoms with Crippen molar-refractivity contribution in [2.45, 2.75) is 24.3 Å². The number of rotatable bonds is 12. The van der Waals surface area contributed by atoms with Gasteiger partial charge in [0, 0.05) is 42.0 Å². The van der Waals surface area contributed by atoms with Gasteiger partial charge in [0.2, 0.25) is 10.0 Å². The molecule has 0 saturated heterocycles. The first-order valence-electron chi connectivity index (χ1n) is 11.0. The van der Waals surface area contributed by atoms with Gasteiger partial charge < -0.3 is 14.4 Å². The average molecular weight is 508 g/mol. The summed E-state index contributed by atoms with van der Waals surface area (Å²) in [7, 11) is -1.64. The molecule has 2 aromatic carbocycles. The van der Waals surface area contributed by atoms with Crippen LogP contribution in [0.1, 0.15) is 28.2 Å². The van der Waals surface area contributed by atoms with E-state index in [1.165, 1.54) is 0 Å². The van der Waals surface area contributed by atoms with E-state index in [4.69, 9.17) is 26.6 Å². The molecule has 0 spiro atoms. The molecular formula is C23H30ClN5O4S. The zero-order valence-corrected chi connectivity index (χ0v) is 21.0. The van der Waals surface area contributed by atoms with Crippen molar-refractivity contribution in [3.05, 3.63) is 74.1 Å². The van der Waals surface area contributed by atoms with Crippen LogP contribution >= 0.6 is 11.6 Å².